The van der Waals surface area contributed by atoms with E-state index in [-0.39, 0.29) is 6.54 Å². The lowest BCUT2D eigenvalue weighted by Gasteiger charge is -2.13. The largest absolute Gasteiger partial charge is 0.416 e. The summed E-state index contributed by atoms with van der Waals surface area (Å²) in [5, 5.41) is 3.08. The van der Waals surface area contributed by atoms with E-state index in [4.69, 9.17) is 0 Å². The van der Waals surface area contributed by atoms with Crippen LogP contribution in [0.5, 0.6) is 0 Å². The van der Waals surface area contributed by atoms with Crippen LogP contribution < -0.4 is 5.32 Å². The Labute approximate surface area is 122 Å². The Kier molecular flexibility index (Phi) is 5.39. The Morgan fingerprint density at radius 2 is 1.52 bits per heavy atom. The Balaban J connectivity index is 1.79. The van der Waals surface area contributed by atoms with Crippen molar-refractivity contribution < 1.29 is 13.2 Å². The molecule has 1 nitrogen and oxygen atoms in total. The lowest BCUT2D eigenvalue weighted by atomic mass is 10.1. The predicted molar refractivity (Wildman–Crippen MR) is 77.9 cm³/mol. The number of aryl methyl sites for hydroxylation is 1. The van der Waals surface area contributed by atoms with E-state index in [1.165, 1.54) is 17.7 Å². The van der Waals surface area contributed by atoms with E-state index in [0.717, 1.165) is 18.9 Å². The first-order valence-corrected chi connectivity index (χ1v) is 6.97. The standard InChI is InChI=1S/C17H18F3N/c18-17(19,20)16-11-5-4-10-15(16)13-21-12-6-9-14-7-2-1-3-8-14/h1-5,7-8,10-11,21H,6,9,12-13H2. The highest BCUT2D eigenvalue weighted by Crippen LogP contribution is 2.31. The molecule has 2 aromatic rings. The van der Waals surface area contributed by atoms with Gasteiger partial charge in [-0.3, -0.25) is 0 Å². The molecule has 0 saturated carbocycles. The van der Waals surface area contributed by atoms with Gasteiger partial charge in [0.25, 0.3) is 0 Å². The van der Waals surface area contributed by atoms with Crippen molar-refractivity contribution in [3.8, 4) is 0 Å². The molecule has 0 aromatic heterocycles. The minimum absolute atomic E-state index is 0.241. The average Bonchev–Trinajstić information content (AvgIpc) is 2.47. The normalized spacial score (nSPS) is 11.6. The van der Waals surface area contributed by atoms with E-state index in [2.05, 4.69) is 17.4 Å². The molecular formula is C17H18F3N. The fourth-order valence-corrected chi connectivity index (χ4v) is 2.24. The first-order valence-electron chi connectivity index (χ1n) is 6.97. The van der Waals surface area contributed by atoms with E-state index < -0.39 is 11.7 Å². The third kappa shape index (κ3) is 4.90. The van der Waals surface area contributed by atoms with Crippen LogP contribution in [0.2, 0.25) is 0 Å². The van der Waals surface area contributed by atoms with Gasteiger partial charge in [0.1, 0.15) is 0 Å². The molecule has 0 bridgehead atoms. The fraction of sp³-hybridized carbons (Fsp3) is 0.294. The van der Waals surface area contributed by atoms with Crippen molar-refractivity contribution >= 4 is 0 Å². The quantitative estimate of drug-likeness (QED) is 0.777. The van der Waals surface area contributed by atoms with Crippen molar-refractivity contribution in [3.63, 3.8) is 0 Å². The lowest BCUT2D eigenvalue weighted by molar-refractivity contribution is -0.138. The van der Waals surface area contributed by atoms with Gasteiger partial charge in [0.2, 0.25) is 0 Å². The molecule has 0 spiro atoms. The Bertz CT molecular complexity index is 549. The molecule has 4 heteroatoms. The summed E-state index contributed by atoms with van der Waals surface area (Å²) in [5.74, 6) is 0. The van der Waals surface area contributed by atoms with Gasteiger partial charge in [-0.05, 0) is 36.6 Å². The number of rotatable bonds is 6. The van der Waals surface area contributed by atoms with Crippen molar-refractivity contribution in [1.29, 1.82) is 0 Å². The summed E-state index contributed by atoms with van der Waals surface area (Å²) < 4.78 is 38.5. The first-order chi connectivity index (χ1) is 10.1. The third-order valence-electron chi connectivity index (χ3n) is 3.30. The monoisotopic (exact) mass is 293 g/mol. The van der Waals surface area contributed by atoms with E-state index in [1.54, 1.807) is 6.07 Å². The van der Waals surface area contributed by atoms with Gasteiger partial charge in [-0.15, -0.1) is 0 Å². The van der Waals surface area contributed by atoms with E-state index >= 15 is 0 Å². The molecule has 0 fully saturated rings. The summed E-state index contributed by atoms with van der Waals surface area (Å²) >= 11 is 0. The van der Waals surface area contributed by atoms with Crippen LogP contribution in [0.4, 0.5) is 13.2 Å². The molecule has 1 N–H and O–H groups in total. The maximum atomic E-state index is 12.8. The number of hydrogen-bond acceptors (Lipinski definition) is 1. The zero-order valence-corrected chi connectivity index (χ0v) is 11.7. The van der Waals surface area contributed by atoms with Crippen molar-refractivity contribution in [2.45, 2.75) is 25.6 Å². The summed E-state index contributed by atoms with van der Waals surface area (Å²) in [6.45, 7) is 0.936. The van der Waals surface area contributed by atoms with E-state index in [1.807, 2.05) is 18.2 Å². The van der Waals surface area contributed by atoms with Crippen LogP contribution >= 0.6 is 0 Å². The lowest BCUT2D eigenvalue weighted by Crippen LogP contribution is -2.18. The summed E-state index contributed by atoms with van der Waals surface area (Å²) in [6, 6.07) is 15.8. The highest BCUT2D eigenvalue weighted by atomic mass is 19.4. The maximum absolute atomic E-state index is 12.8. The van der Waals surface area contributed by atoms with Crippen LogP contribution in [0.3, 0.4) is 0 Å². The Morgan fingerprint density at radius 3 is 2.24 bits per heavy atom. The van der Waals surface area contributed by atoms with Gasteiger partial charge >= 0.3 is 6.18 Å². The second kappa shape index (κ2) is 7.27. The van der Waals surface area contributed by atoms with Gasteiger partial charge in [-0.25, -0.2) is 0 Å². The minimum Gasteiger partial charge on any atom is -0.313 e. The molecular weight excluding hydrogens is 275 g/mol. The molecule has 0 radical (unpaired) electrons. The minimum atomic E-state index is -4.29. The zero-order valence-electron chi connectivity index (χ0n) is 11.7. The van der Waals surface area contributed by atoms with Gasteiger partial charge in [0.15, 0.2) is 0 Å². The molecule has 0 heterocycles. The van der Waals surface area contributed by atoms with Crippen LogP contribution in [-0.2, 0) is 19.1 Å². The van der Waals surface area contributed by atoms with Gasteiger partial charge in [0.05, 0.1) is 5.56 Å². The summed E-state index contributed by atoms with van der Waals surface area (Å²) in [6.07, 6.45) is -2.46. The van der Waals surface area contributed by atoms with Crippen LogP contribution in [0.25, 0.3) is 0 Å². The molecule has 2 aromatic carbocycles. The first kappa shape index (κ1) is 15.6. The molecule has 0 unspecified atom stereocenters. The molecule has 0 aliphatic carbocycles. The van der Waals surface area contributed by atoms with Gasteiger partial charge in [-0.2, -0.15) is 13.2 Å². The predicted octanol–water partition coefficient (Wildman–Crippen LogP) is 4.43. The SMILES string of the molecule is FC(F)(F)c1ccccc1CNCCCc1ccccc1. The smallest absolute Gasteiger partial charge is 0.313 e. The molecule has 0 atom stereocenters. The number of halogens is 3. The molecule has 112 valence electrons. The summed E-state index contributed by atoms with van der Waals surface area (Å²) in [7, 11) is 0. The highest BCUT2D eigenvalue weighted by Gasteiger charge is 2.32. The number of benzene rings is 2. The molecule has 0 amide bonds. The molecule has 0 aliphatic heterocycles. The summed E-state index contributed by atoms with van der Waals surface area (Å²) in [5.41, 5.74) is 0.986. The van der Waals surface area contributed by atoms with Crippen molar-refractivity contribution in [3.05, 3.63) is 71.3 Å². The average molecular weight is 293 g/mol. The van der Waals surface area contributed by atoms with E-state index in [0.29, 0.717) is 12.1 Å². The van der Waals surface area contributed by atoms with Crippen LogP contribution in [0.15, 0.2) is 54.6 Å². The van der Waals surface area contributed by atoms with Crippen LogP contribution in [0.1, 0.15) is 23.1 Å². The number of nitrogens with one attached hydrogen (secondary N) is 1. The Hall–Kier alpha value is -1.81. The van der Waals surface area contributed by atoms with Crippen molar-refractivity contribution in [2.24, 2.45) is 0 Å². The topological polar surface area (TPSA) is 12.0 Å². The number of alkyl halides is 3. The molecule has 0 aliphatic rings. The van der Waals surface area contributed by atoms with E-state index in [9.17, 15) is 13.2 Å². The maximum Gasteiger partial charge on any atom is 0.416 e. The van der Waals surface area contributed by atoms with Crippen LogP contribution in [0, 0.1) is 0 Å². The zero-order chi connectivity index (χ0) is 15.1. The van der Waals surface area contributed by atoms with Crippen molar-refractivity contribution in [1.82, 2.24) is 5.32 Å². The Morgan fingerprint density at radius 1 is 0.857 bits per heavy atom. The second-order valence-corrected chi connectivity index (χ2v) is 4.92. The molecule has 21 heavy (non-hydrogen) atoms. The molecule has 0 saturated heterocycles. The van der Waals surface area contributed by atoms with Crippen molar-refractivity contribution in [2.75, 3.05) is 6.54 Å². The van der Waals surface area contributed by atoms with Crippen LogP contribution in [-0.4, -0.2) is 6.54 Å². The number of hydrogen-bond donors (Lipinski definition) is 1. The second-order valence-electron chi connectivity index (χ2n) is 4.92. The molecule has 2 rings (SSSR count). The van der Waals surface area contributed by atoms with Gasteiger partial charge in [-0.1, -0.05) is 48.5 Å². The third-order valence-corrected chi connectivity index (χ3v) is 3.30. The van der Waals surface area contributed by atoms with Gasteiger partial charge in [0, 0.05) is 6.54 Å². The van der Waals surface area contributed by atoms with Gasteiger partial charge < -0.3 is 5.32 Å². The fourth-order valence-electron chi connectivity index (χ4n) is 2.24. The summed E-state index contributed by atoms with van der Waals surface area (Å²) in [4.78, 5) is 0. The highest BCUT2D eigenvalue weighted by molar-refractivity contribution is 5.29.